The first-order valence-corrected chi connectivity index (χ1v) is 8.58. The van der Waals surface area contributed by atoms with Crippen molar-refractivity contribution in [2.45, 2.75) is 39.3 Å². The van der Waals surface area contributed by atoms with Crippen LogP contribution in [-0.2, 0) is 6.54 Å². The van der Waals surface area contributed by atoms with E-state index in [0.29, 0.717) is 11.7 Å². The Morgan fingerprint density at radius 3 is 2.83 bits per heavy atom. The summed E-state index contributed by atoms with van der Waals surface area (Å²) in [6.45, 7) is 7.11. The number of piperidine rings is 1. The summed E-state index contributed by atoms with van der Waals surface area (Å²) in [5.74, 6) is 0.0143. The van der Waals surface area contributed by atoms with Gasteiger partial charge in [0.1, 0.15) is 5.69 Å². The molecule has 0 aliphatic carbocycles. The molecule has 1 N–H and O–H groups in total. The zero-order valence-electron chi connectivity index (χ0n) is 15.0. The van der Waals surface area contributed by atoms with E-state index in [1.165, 1.54) is 18.5 Å². The Hall–Kier alpha value is -2.08. The van der Waals surface area contributed by atoms with Crippen molar-refractivity contribution in [2.75, 3.05) is 27.2 Å². The SMILES string of the molecule is Cc1cc(C)n(C2CCCN(Cc3ccc(C(=O)N(C)C)[nH]3)C2)n1. The summed E-state index contributed by atoms with van der Waals surface area (Å²) in [4.78, 5) is 19.3. The molecule has 3 rings (SSSR count). The van der Waals surface area contributed by atoms with E-state index in [4.69, 9.17) is 0 Å². The van der Waals surface area contributed by atoms with Crippen LogP contribution in [0.25, 0.3) is 0 Å². The molecule has 6 heteroatoms. The molecule has 0 spiro atoms. The molecule has 24 heavy (non-hydrogen) atoms. The smallest absolute Gasteiger partial charge is 0.269 e. The first kappa shape index (κ1) is 16.8. The van der Waals surface area contributed by atoms with Crippen molar-refractivity contribution in [3.63, 3.8) is 0 Å². The molecule has 2 aromatic heterocycles. The minimum absolute atomic E-state index is 0.0143. The van der Waals surface area contributed by atoms with Crippen LogP contribution in [0.4, 0.5) is 0 Å². The molecule has 2 aromatic rings. The molecular formula is C18H27N5O. The normalized spacial score (nSPS) is 18.8. The minimum atomic E-state index is 0.0143. The van der Waals surface area contributed by atoms with Gasteiger partial charge in [-0.3, -0.25) is 14.4 Å². The van der Waals surface area contributed by atoms with Gasteiger partial charge in [-0.1, -0.05) is 0 Å². The van der Waals surface area contributed by atoms with Gasteiger partial charge in [0.05, 0.1) is 11.7 Å². The topological polar surface area (TPSA) is 57.2 Å². The third-order valence-electron chi connectivity index (χ3n) is 4.65. The fourth-order valence-corrected chi connectivity index (χ4v) is 3.53. The fraction of sp³-hybridized carbons (Fsp3) is 0.556. The maximum Gasteiger partial charge on any atom is 0.269 e. The number of carbonyl (C=O) groups is 1. The summed E-state index contributed by atoms with van der Waals surface area (Å²) in [5, 5.41) is 4.65. The Kier molecular flexibility index (Phi) is 4.76. The molecule has 3 heterocycles. The number of likely N-dealkylation sites (tertiary alicyclic amines) is 1. The van der Waals surface area contributed by atoms with Crippen LogP contribution in [0.3, 0.4) is 0 Å². The van der Waals surface area contributed by atoms with Crippen molar-refractivity contribution < 1.29 is 4.79 Å². The van der Waals surface area contributed by atoms with Crippen LogP contribution >= 0.6 is 0 Å². The highest BCUT2D eigenvalue weighted by Gasteiger charge is 2.23. The van der Waals surface area contributed by atoms with E-state index >= 15 is 0 Å². The lowest BCUT2D eigenvalue weighted by Crippen LogP contribution is -2.36. The van der Waals surface area contributed by atoms with E-state index in [1.54, 1.807) is 19.0 Å². The quantitative estimate of drug-likeness (QED) is 0.937. The second kappa shape index (κ2) is 6.81. The lowest BCUT2D eigenvalue weighted by atomic mass is 10.1. The molecule has 0 aromatic carbocycles. The number of aryl methyl sites for hydroxylation is 2. The molecule has 0 saturated carbocycles. The average molecular weight is 329 g/mol. The van der Waals surface area contributed by atoms with E-state index in [9.17, 15) is 4.79 Å². The van der Waals surface area contributed by atoms with Gasteiger partial charge in [-0.15, -0.1) is 0 Å². The second-order valence-electron chi connectivity index (χ2n) is 7.00. The number of hydrogen-bond acceptors (Lipinski definition) is 3. The van der Waals surface area contributed by atoms with Crippen molar-refractivity contribution >= 4 is 5.91 Å². The van der Waals surface area contributed by atoms with Gasteiger partial charge >= 0.3 is 0 Å². The Labute approximate surface area is 143 Å². The summed E-state index contributed by atoms with van der Waals surface area (Å²) < 4.78 is 2.18. The van der Waals surface area contributed by atoms with Gasteiger partial charge in [0.2, 0.25) is 0 Å². The first-order valence-electron chi connectivity index (χ1n) is 8.58. The monoisotopic (exact) mass is 329 g/mol. The van der Waals surface area contributed by atoms with Gasteiger partial charge in [-0.25, -0.2) is 0 Å². The molecule has 130 valence electrons. The molecule has 1 amide bonds. The highest BCUT2D eigenvalue weighted by atomic mass is 16.2. The van der Waals surface area contributed by atoms with Crippen LogP contribution in [0, 0.1) is 13.8 Å². The number of amides is 1. The molecule has 0 radical (unpaired) electrons. The van der Waals surface area contributed by atoms with E-state index in [2.05, 4.69) is 32.7 Å². The van der Waals surface area contributed by atoms with Crippen LogP contribution in [0.5, 0.6) is 0 Å². The number of hydrogen-bond donors (Lipinski definition) is 1. The van der Waals surface area contributed by atoms with Gasteiger partial charge in [0.15, 0.2) is 0 Å². The summed E-state index contributed by atoms with van der Waals surface area (Å²) in [7, 11) is 3.54. The van der Waals surface area contributed by atoms with E-state index < -0.39 is 0 Å². The highest BCUT2D eigenvalue weighted by molar-refractivity contribution is 5.92. The van der Waals surface area contributed by atoms with Gasteiger partial charge in [0, 0.05) is 38.6 Å². The standard InChI is InChI=1S/C18H27N5O/c1-13-10-14(2)23(20-13)16-6-5-9-22(12-16)11-15-7-8-17(19-15)18(24)21(3)4/h7-8,10,16,19H,5-6,9,11-12H2,1-4H3. The third-order valence-corrected chi connectivity index (χ3v) is 4.65. The Morgan fingerprint density at radius 1 is 1.38 bits per heavy atom. The van der Waals surface area contributed by atoms with Gasteiger partial charge < -0.3 is 9.88 Å². The third kappa shape index (κ3) is 3.53. The fourth-order valence-electron chi connectivity index (χ4n) is 3.53. The van der Waals surface area contributed by atoms with Crippen molar-refractivity contribution in [3.8, 4) is 0 Å². The van der Waals surface area contributed by atoms with E-state index in [1.807, 2.05) is 19.1 Å². The van der Waals surface area contributed by atoms with Gasteiger partial charge in [-0.2, -0.15) is 5.10 Å². The lowest BCUT2D eigenvalue weighted by molar-refractivity contribution is 0.0822. The van der Waals surface area contributed by atoms with Crippen molar-refractivity contribution in [1.29, 1.82) is 0 Å². The summed E-state index contributed by atoms with van der Waals surface area (Å²) in [5.41, 5.74) is 4.07. The molecule has 0 bridgehead atoms. The molecule has 6 nitrogen and oxygen atoms in total. The summed E-state index contributed by atoms with van der Waals surface area (Å²) in [6, 6.07) is 6.47. The number of carbonyl (C=O) groups excluding carboxylic acids is 1. The van der Waals surface area contributed by atoms with Crippen molar-refractivity contribution in [1.82, 2.24) is 24.6 Å². The Balaban J connectivity index is 1.65. The van der Waals surface area contributed by atoms with Crippen molar-refractivity contribution in [2.24, 2.45) is 0 Å². The molecule has 1 fully saturated rings. The Morgan fingerprint density at radius 2 is 2.17 bits per heavy atom. The van der Waals surface area contributed by atoms with Crippen LogP contribution in [0.2, 0.25) is 0 Å². The largest absolute Gasteiger partial charge is 0.353 e. The Bertz CT molecular complexity index is 715. The van der Waals surface area contributed by atoms with Gasteiger partial charge in [-0.05, 0) is 51.4 Å². The molecule has 1 unspecified atom stereocenters. The molecular weight excluding hydrogens is 302 g/mol. The number of nitrogens with one attached hydrogen (secondary N) is 1. The first-order chi connectivity index (χ1) is 11.4. The van der Waals surface area contributed by atoms with Crippen LogP contribution in [0.1, 0.15) is 46.5 Å². The van der Waals surface area contributed by atoms with Crippen molar-refractivity contribution in [3.05, 3.63) is 41.0 Å². The molecule has 1 saturated heterocycles. The van der Waals surface area contributed by atoms with Gasteiger partial charge in [0.25, 0.3) is 5.91 Å². The number of aromatic amines is 1. The highest BCUT2D eigenvalue weighted by Crippen LogP contribution is 2.24. The summed E-state index contributed by atoms with van der Waals surface area (Å²) in [6.07, 6.45) is 2.35. The van der Waals surface area contributed by atoms with E-state index in [-0.39, 0.29) is 5.91 Å². The lowest BCUT2D eigenvalue weighted by Gasteiger charge is -2.33. The zero-order chi connectivity index (χ0) is 17.3. The van der Waals surface area contributed by atoms with E-state index in [0.717, 1.165) is 31.0 Å². The molecule has 1 atom stereocenters. The maximum atomic E-state index is 12.0. The second-order valence-corrected chi connectivity index (χ2v) is 7.00. The predicted molar refractivity (Wildman–Crippen MR) is 94.1 cm³/mol. The number of rotatable bonds is 4. The molecule has 1 aliphatic heterocycles. The van der Waals surface area contributed by atoms with Crippen LogP contribution in [-0.4, -0.2) is 57.7 Å². The van der Waals surface area contributed by atoms with Crippen LogP contribution in [0.15, 0.2) is 18.2 Å². The number of aromatic nitrogens is 3. The molecule has 1 aliphatic rings. The predicted octanol–water partition coefficient (Wildman–Crippen LogP) is 2.37. The number of nitrogens with zero attached hydrogens (tertiary/aromatic N) is 4. The maximum absolute atomic E-state index is 12.0. The summed E-state index contributed by atoms with van der Waals surface area (Å²) >= 11 is 0. The average Bonchev–Trinajstić information content (AvgIpc) is 3.13. The number of H-pyrrole nitrogens is 1. The zero-order valence-corrected chi connectivity index (χ0v) is 15.0. The minimum Gasteiger partial charge on any atom is -0.353 e. The van der Waals surface area contributed by atoms with Crippen LogP contribution < -0.4 is 0 Å².